The van der Waals surface area contributed by atoms with Crippen LogP contribution in [0, 0.1) is 5.92 Å². The predicted molar refractivity (Wildman–Crippen MR) is 58.9 cm³/mol. The van der Waals surface area contributed by atoms with Gasteiger partial charge in [0.15, 0.2) is 0 Å². The number of aliphatic carboxylic acids is 1. The molecule has 2 rings (SSSR count). The highest BCUT2D eigenvalue weighted by molar-refractivity contribution is 7.87. The van der Waals surface area contributed by atoms with Crippen molar-refractivity contribution in [1.82, 2.24) is 4.90 Å². The zero-order valence-electron chi connectivity index (χ0n) is 9.58. The normalized spacial score (nSPS) is 26.4. The lowest BCUT2D eigenvalue weighted by Crippen LogP contribution is -2.43. The minimum absolute atomic E-state index is 0.278. The second kappa shape index (κ2) is 4.49. The van der Waals surface area contributed by atoms with Gasteiger partial charge in [-0.05, 0) is 12.3 Å². The van der Waals surface area contributed by atoms with Gasteiger partial charge < -0.3 is 10.0 Å². The quantitative estimate of drug-likeness (QED) is 0.723. The SMILES string of the molecule is O=C(O)C(CC1CC1)N1CC(S(=O)(=O)F)CC1=O. The fourth-order valence-electron chi connectivity index (χ4n) is 2.22. The van der Waals surface area contributed by atoms with Crippen molar-refractivity contribution >= 4 is 22.1 Å². The Bertz CT molecular complexity index is 473. The number of carbonyl (C=O) groups excluding carboxylic acids is 1. The average molecular weight is 279 g/mol. The number of rotatable bonds is 5. The van der Waals surface area contributed by atoms with Crippen LogP contribution in [0.5, 0.6) is 0 Å². The summed E-state index contributed by atoms with van der Waals surface area (Å²) in [5.41, 5.74) is 0. The molecular formula is C10H14FNO5S. The van der Waals surface area contributed by atoms with Crippen molar-refractivity contribution in [2.45, 2.75) is 37.0 Å². The second-order valence-corrected chi connectivity index (χ2v) is 6.50. The maximum atomic E-state index is 12.8. The molecule has 2 fully saturated rings. The highest BCUT2D eigenvalue weighted by Gasteiger charge is 2.44. The Morgan fingerprint density at radius 2 is 2.11 bits per heavy atom. The number of halogens is 1. The van der Waals surface area contributed by atoms with Gasteiger partial charge in [0.1, 0.15) is 11.3 Å². The summed E-state index contributed by atoms with van der Waals surface area (Å²) in [5.74, 6) is -1.48. The van der Waals surface area contributed by atoms with E-state index < -0.39 is 39.8 Å². The van der Waals surface area contributed by atoms with E-state index in [1.807, 2.05) is 0 Å². The lowest BCUT2D eigenvalue weighted by atomic mass is 10.1. The highest BCUT2D eigenvalue weighted by atomic mass is 32.3. The van der Waals surface area contributed by atoms with E-state index in [0.29, 0.717) is 6.42 Å². The molecule has 18 heavy (non-hydrogen) atoms. The minimum Gasteiger partial charge on any atom is -0.480 e. The van der Waals surface area contributed by atoms with Crippen LogP contribution in [0.1, 0.15) is 25.7 Å². The van der Waals surface area contributed by atoms with Gasteiger partial charge in [-0.15, -0.1) is 3.89 Å². The van der Waals surface area contributed by atoms with Crippen LogP contribution in [-0.2, 0) is 19.8 Å². The number of hydrogen-bond acceptors (Lipinski definition) is 4. The van der Waals surface area contributed by atoms with Crippen molar-refractivity contribution in [1.29, 1.82) is 0 Å². The van der Waals surface area contributed by atoms with E-state index in [1.165, 1.54) is 0 Å². The van der Waals surface area contributed by atoms with Gasteiger partial charge in [0.2, 0.25) is 5.91 Å². The van der Waals surface area contributed by atoms with Gasteiger partial charge in [-0.3, -0.25) is 4.79 Å². The topological polar surface area (TPSA) is 91.8 Å². The summed E-state index contributed by atoms with van der Waals surface area (Å²) in [4.78, 5) is 23.7. The molecule has 1 amide bonds. The lowest BCUT2D eigenvalue weighted by Gasteiger charge is -2.24. The first-order chi connectivity index (χ1) is 8.29. The Labute approximate surface area is 104 Å². The molecule has 0 bridgehead atoms. The van der Waals surface area contributed by atoms with E-state index in [9.17, 15) is 21.9 Å². The summed E-state index contributed by atoms with van der Waals surface area (Å²) in [6.45, 7) is -0.360. The Hall–Kier alpha value is -1.18. The zero-order valence-corrected chi connectivity index (χ0v) is 10.4. The van der Waals surface area contributed by atoms with Gasteiger partial charge in [0.25, 0.3) is 0 Å². The standard InChI is InChI=1S/C10H14FNO5S/c11-18(16,17)7-4-9(13)12(5-7)8(10(14)15)3-6-1-2-6/h6-8H,1-5H2,(H,14,15). The lowest BCUT2D eigenvalue weighted by molar-refractivity contribution is -0.148. The number of amides is 1. The van der Waals surface area contributed by atoms with Crippen LogP contribution in [-0.4, -0.2) is 48.1 Å². The number of likely N-dealkylation sites (tertiary alicyclic amines) is 1. The van der Waals surface area contributed by atoms with Crippen molar-refractivity contribution < 1.29 is 27.0 Å². The number of hydrogen-bond donors (Lipinski definition) is 1. The van der Waals surface area contributed by atoms with Crippen LogP contribution in [0.4, 0.5) is 3.89 Å². The van der Waals surface area contributed by atoms with Crippen LogP contribution < -0.4 is 0 Å². The fraction of sp³-hybridized carbons (Fsp3) is 0.800. The molecule has 1 aliphatic heterocycles. The van der Waals surface area contributed by atoms with Gasteiger partial charge in [-0.2, -0.15) is 8.42 Å². The Kier molecular flexibility index (Phi) is 3.31. The van der Waals surface area contributed by atoms with Crippen LogP contribution in [0.15, 0.2) is 0 Å². The van der Waals surface area contributed by atoms with Crippen molar-refractivity contribution in [2.24, 2.45) is 5.92 Å². The minimum atomic E-state index is -4.80. The second-order valence-electron chi connectivity index (χ2n) is 4.88. The first-order valence-corrected chi connectivity index (χ1v) is 7.19. The predicted octanol–water partition coefficient (Wildman–Crippen LogP) is 0.140. The molecule has 0 aromatic carbocycles. The van der Waals surface area contributed by atoms with E-state index in [0.717, 1.165) is 17.7 Å². The largest absolute Gasteiger partial charge is 0.480 e. The molecule has 0 radical (unpaired) electrons. The van der Waals surface area contributed by atoms with Gasteiger partial charge in [0.05, 0.1) is 0 Å². The Morgan fingerprint density at radius 3 is 2.50 bits per heavy atom. The summed E-state index contributed by atoms with van der Waals surface area (Å²) in [5, 5.41) is 7.66. The van der Waals surface area contributed by atoms with Crippen LogP contribution in [0.3, 0.4) is 0 Å². The third-order valence-electron chi connectivity index (χ3n) is 3.44. The molecule has 1 saturated heterocycles. The van der Waals surface area contributed by atoms with Gasteiger partial charge in [-0.25, -0.2) is 4.79 Å². The summed E-state index contributed by atoms with van der Waals surface area (Å²) in [6.07, 6.45) is 1.71. The van der Waals surface area contributed by atoms with Crippen LogP contribution in [0.2, 0.25) is 0 Å². The summed E-state index contributed by atoms with van der Waals surface area (Å²) in [7, 11) is -4.80. The van der Waals surface area contributed by atoms with E-state index >= 15 is 0 Å². The molecule has 8 heteroatoms. The molecule has 102 valence electrons. The fourth-order valence-corrected chi connectivity index (χ4v) is 2.90. The number of carbonyl (C=O) groups is 2. The van der Waals surface area contributed by atoms with E-state index in [2.05, 4.69) is 0 Å². The molecule has 2 atom stereocenters. The molecule has 1 N–H and O–H groups in total. The van der Waals surface area contributed by atoms with Gasteiger partial charge >= 0.3 is 16.2 Å². The average Bonchev–Trinajstić information content (AvgIpc) is 2.96. The summed E-state index contributed by atoms with van der Waals surface area (Å²) < 4.78 is 34.3. The maximum Gasteiger partial charge on any atom is 0.326 e. The number of carboxylic acids is 1. The van der Waals surface area contributed by atoms with E-state index in [4.69, 9.17) is 5.11 Å². The third-order valence-corrected chi connectivity index (χ3v) is 4.55. The Morgan fingerprint density at radius 1 is 1.50 bits per heavy atom. The Balaban J connectivity index is 2.11. The summed E-state index contributed by atoms with van der Waals surface area (Å²) >= 11 is 0. The molecule has 1 aliphatic carbocycles. The summed E-state index contributed by atoms with van der Waals surface area (Å²) in [6, 6.07) is -1.03. The first kappa shape index (κ1) is 13.3. The molecular weight excluding hydrogens is 265 g/mol. The van der Waals surface area contributed by atoms with Crippen LogP contribution in [0.25, 0.3) is 0 Å². The molecule has 0 aromatic rings. The highest BCUT2D eigenvalue weighted by Crippen LogP contribution is 2.36. The maximum absolute atomic E-state index is 12.8. The molecule has 2 unspecified atom stereocenters. The van der Waals surface area contributed by atoms with Gasteiger partial charge in [-0.1, -0.05) is 12.8 Å². The van der Waals surface area contributed by atoms with E-state index in [-0.39, 0.29) is 12.5 Å². The molecule has 6 nitrogen and oxygen atoms in total. The van der Waals surface area contributed by atoms with Gasteiger partial charge in [0, 0.05) is 13.0 Å². The molecule has 1 saturated carbocycles. The molecule has 0 aromatic heterocycles. The molecule has 1 heterocycles. The van der Waals surface area contributed by atoms with E-state index in [1.54, 1.807) is 0 Å². The van der Waals surface area contributed by atoms with Crippen molar-refractivity contribution in [3.8, 4) is 0 Å². The number of carboxylic acid groups (broad SMARTS) is 1. The zero-order chi connectivity index (χ0) is 13.5. The third kappa shape index (κ3) is 2.80. The molecule has 2 aliphatic rings. The van der Waals surface area contributed by atoms with Crippen molar-refractivity contribution in [3.05, 3.63) is 0 Å². The van der Waals surface area contributed by atoms with Crippen molar-refractivity contribution in [3.63, 3.8) is 0 Å². The first-order valence-electron chi connectivity index (χ1n) is 5.74. The molecule has 0 spiro atoms. The van der Waals surface area contributed by atoms with Crippen molar-refractivity contribution in [2.75, 3.05) is 6.54 Å². The van der Waals surface area contributed by atoms with Crippen LogP contribution >= 0.6 is 0 Å². The smallest absolute Gasteiger partial charge is 0.326 e. The monoisotopic (exact) mass is 279 g/mol. The number of nitrogens with zero attached hydrogens (tertiary/aromatic N) is 1.